The van der Waals surface area contributed by atoms with Crippen molar-refractivity contribution in [1.82, 2.24) is 4.57 Å². The first kappa shape index (κ1) is 18.4. The number of carbonyl (C=O) groups excluding carboxylic acids is 1. The molecule has 1 heterocycles. The maximum absolute atomic E-state index is 12.5. The van der Waals surface area contributed by atoms with E-state index < -0.39 is 0 Å². The predicted octanol–water partition coefficient (Wildman–Crippen LogP) is 4.39. The summed E-state index contributed by atoms with van der Waals surface area (Å²) in [4.78, 5) is 19.6. The molecule has 26 heavy (non-hydrogen) atoms. The van der Waals surface area contributed by atoms with E-state index in [1.54, 1.807) is 11.3 Å². The summed E-state index contributed by atoms with van der Waals surface area (Å²) >= 11 is 1.57. The summed E-state index contributed by atoms with van der Waals surface area (Å²) in [7, 11) is 5.92. The van der Waals surface area contributed by atoms with Gasteiger partial charge in [-0.15, -0.1) is 0 Å². The molecule has 5 heteroatoms. The fourth-order valence-corrected chi connectivity index (χ4v) is 3.96. The minimum absolute atomic E-state index is 0.205. The Morgan fingerprint density at radius 2 is 1.88 bits per heavy atom. The summed E-state index contributed by atoms with van der Waals surface area (Å²) in [5.41, 5.74) is 4.13. The Balaban J connectivity index is 1.93. The van der Waals surface area contributed by atoms with E-state index >= 15 is 0 Å². The lowest BCUT2D eigenvalue weighted by Gasteiger charge is -2.11. The van der Waals surface area contributed by atoms with Crippen molar-refractivity contribution in [2.75, 3.05) is 19.0 Å². The van der Waals surface area contributed by atoms with Crippen LogP contribution in [-0.4, -0.2) is 24.6 Å². The number of hydrogen-bond donors (Lipinski definition) is 0. The smallest absolute Gasteiger partial charge is 0.279 e. The zero-order chi connectivity index (χ0) is 18.7. The molecule has 0 atom stereocenters. The molecule has 0 spiro atoms. The molecular weight excluding hydrogens is 342 g/mol. The van der Waals surface area contributed by atoms with Gasteiger partial charge in [0.25, 0.3) is 5.91 Å². The lowest BCUT2D eigenvalue weighted by Crippen LogP contribution is -2.13. The van der Waals surface area contributed by atoms with E-state index in [4.69, 9.17) is 0 Å². The largest absolute Gasteiger partial charge is 0.378 e. The van der Waals surface area contributed by atoms with Crippen molar-refractivity contribution < 1.29 is 4.79 Å². The number of anilines is 1. The van der Waals surface area contributed by atoms with Crippen LogP contribution in [0.4, 0.5) is 5.69 Å². The van der Waals surface area contributed by atoms with Crippen molar-refractivity contribution in [3.05, 3.63) is 58.4 Å². The van der Waals surface area contributed by atoms with Crippen LogP contribution in [0.3, 0.4) is 0 Å². The molecule has 4 nitrogen and oxygen atoms in total. The number of amides is 1. The summed E-state index contributed by atoms with van der Waals surface area (Å²) < 4.78 is 3.17. The zero-order valence-electron chi connectivity index (χ0n) is 15.8. The van der Waals surface area contributed by atoms with Gasteiger partial charge in [-0.1, -0.05) is 30.7 Å². The number of aromatic nitrogens is 1. The molecule has 0 N–H and O–H groups in total. The number of rotatable bonds is 5. The lowest BCUT2D eigenvalue weighted by atomic mass is 10.1. The number of nitrogens with zero attached hydrogens (tertiary/aromatic N) is 3. The van der Waals surface area contributed by atoms with Gasteiger partial charge in [0.2, 0.25) is 0 Å². The third-order valence-corrected chi connectivity index (χ3v) is 5.62. The number of unbranched alkanes of at least 4 members (excludes halogenated alkanes) is 1. The second kappa shape index (κ2) is 7.87. The van der Waals surface area contributed by atoms with Crippen LogP contribution in [0.25, 0.3) is 10.2 Å². The van der Waals surface area contributed by atoms with Gasteiger partial charge < -0.3 is 9.47 Å². The van der Waals surface area contributed by atoms with Gasteiger partial charge in [0, 0.05) is 32.4 Å². The van der Waals surface area contributed by atoms with Crippen molar-refractivity contribution in [3.8, 4) is 0 Å². The van der Waals surface area contributed by atoms with Crippen LogP contribution in [0.15, 0.2) is 47.5 Å². The molecule has 0 bridgehead atoms. The number of thiazole rings is 1. The third kappa shape index (κ3) is 3.88. The highest BCUT2D eigenvalue weighted by Crippen LogP contribution is 2.20. The molecule has 1 amide bonds. The van der Waals surface area contributed by atoms with Gasteiger partial charge in [0.05, 0.1) is 10.2 Å². The molecule has 0 aliphatic rings. The average molecular weight is 368 g/mol. The first-order chi connectivity index (χ1) is 12.5. The van der Waals surface area contributed by atoms with E-state index in [-0.39, 0.29) is 5.91 Å². The van der Waals surface area contributed by atoms with Crippen molar-refractivity contribution in [1.29, 1.82) is 0 Å². The van der Waals surface area contributed by atoms with Crippen molar-refractivity contribution in [3.63, 3.8) is 0 Å². The van der Waals surface area contributed by atoms with Gasteiger partial charge in [0.1, 0.15) is 0 Å². The molecule has 3 aromatic rings. The van der Waals surface area contributed by atoms with E-state index in [1.165, 1.54) is 23.1 Å². The van der Waals surface area contributed by atoms with Gasteiger partial charge in [-0.2, -0.15) is 4.99 Å². The molecular formula is C21H25N3OS. The van der Waals surface area contributed by atoms with Crippen LogP contribution in [-0.2, 0) is 13.5 Å². The Bertz CT molecular complexity index is 981. The standard InChI is InChI=1S/C21H25N3OS/c1-5-6-7-15-8-13-18-19(14-15)26-21(24(18)4)22-20(25)16-9-11-17(12-10-16)23(2)3/h8-14H,5-7H2,1-4H3. The molecule has 2 aromatic carbocycles. The van der Waals surface area contributed by atoms with Crippen LogP contribution in [0.5, 0.6) is 0 Å². The maximum Gasteiger partial charge on any atom is 0.279 e. The van der Waals surface area contributed by atoms with E-state index in [1.807, 2.05) is 54.9 Å². The Labute approximate surface area is 158 Å². The molecule has 0 aliphatic carbocycles. The van der Waals surface area contributed by atoms with E-state index in [2.05, 4.69) is 30.1 Å². The van der Waals surface area contributed by atoms with E-state index in [0.29, 0.717) is 5.56 Å². The van der Waals surface area contributed by atoms with Crippen LogP contribution in [0.1, 0.15) is 35.7 Å². The van der Waals surface area contributed by atoms with Gasteiger partial charge in [-0.3, -0.25) is 4.79 Å². The van der Waals surface area contributed by atoms with Crippen LogP contribution in [0, 0.1) is 0 Å². The molecule has 0 aliphatic heterocycles. The highest BCUT2D eigenvalue weighted by molar-refractivity contribution is 7.16. The predicted molar refractivity (Wildman–Crippen MR) is 110 cm³/mol. The number of fused-ring (bicyclic) bond motifs is 1. The molecule has 3 rings (SSSR count). The molecule has 0 unspecified atom stereocenters. The Morgan fingerprint density at radius 3 is 2.54 bits per heavy atom. The SMILES string of the molecule is CCCCc1ccc2c(c1)sc(=NC(=O)c1ccc(N(C)C)cc1)n2C. The van der Waals surface area contributed by atoms with Crippen LogP contribution < -0.4 is 9.70 Å². The number of aryl methyl sites for hydroxylation is 2. The van der Waals surface area contributed by atoms with E-state index in [0.717, 1.165) is 22.4 Å². The topological polar surface area (TPSA) is 37.6 Å². The minimum atomic E-state index is -0.205. The van der Waals surface area contributed by atoms with Crippen molar-refractivity contribution in [2.24, 2.45) is 12.0 Å². The summed E-state index contributed by atoms with van der Waals surface area (Å²) in [5.74, 6) is -0.205. The highest BCUT2D eigenvalue weighted by Gasteiger charge is 2.08. The summed E-state index contributed by atoms with van der Waals surface area (Å²) in [6.07, 6.45) is 3.48. The fraction of sp³-hybridized carbons (Fsp3) is 0.333. The van der Waals surface area contributed by atoms with Crippen molar-refractivity contribution >= 4 is 33.1 Å². The summed E-state index contributed by atoms with van der Waals surface area (Å²) in [6, 6.07) is 14.1. The first-order valence-electron chi connectivity index (χ1n) is 8.94. The monoisotopic (exact) mass is 367 g/mol. The van der Waals surface area contributed by atoms with E-state index in [9.17, 15) is 4.79 Å². The first-order valence-corrected chi connectivity index (χ1v) is 9.76. The Morgan fingerprint density at radius 1 is 1.15 bits per heavy atom. The van der Waals surface area contributed by atoms with Crippen molar-refractivity contribution in [2.45, 2.75) is 26.2 Å². The molecule has 1 aromatic heterocycles. The quantitative estimate of drug-likeness (QED) is 0.671. The Hall–Kier alpha value is -2.40. The minimum Gasteiger partial charge on any atom is -0.378 e. The third-order valence-electron chi connectivity index (χ3n) is 4.52. The van der Waals surface area contributed by atoms with Gasteiger partial charge in [-0.05, 0) is 54.8 Å². The normalized spacial score (nSPS) is 11.9. The lowest BCUT2D eigenvalue weighted by molar-refractivity contribution is 0.0998. The second-order valence-corrected chi connectivity index (χ2v) is 7.72. The molecule has 0 saturated carbocycles. The molecule has 136 valence electrons. The van der Waals surface area contributed by atoms with Gasteiger partial charge in [0.15, 0.2) is 4.80 Å². The highest BCUT2D eigenvalue weighted by atomic mass is 32.1. The summed E-state index contributed by atoms with van der Waals surface area (Å²) in [6.45, 7) is 2.21. The molecule has 0 saturated heterocycles. The average Bonchev–Trinajstić information content (AvgIpc) is 2.95. The van der Waals surface area contributed by atoms with Crippen LogP contribution >= 0.6 is 11.3 Å². The summed E-state index contributed by atoms with van der Waals surface area (Å²) in [5, 5.41) is 0. The fourth-order valence-electron chi connectivity index (χ4n) is 2.88. The number of carbonyl (C=O) groups is 1. The molecule has 0 fully saturated rings. The molecule has 0 radical (unpaired) electrons. The number of benzene rings is 2. The van der Waals surface area contributed by atoms with Gasteiger partial charge >= 0.3 is 0 Å². The number of hydrogen-bond acceptors (Lipinski definition) is 3. The second-order valence-electron chi connectivity index (χ2n) is 6.71. The van der Waals surface area contributed by atoms with Crippen LogP contribution in [0.2, 0.25) is 0 Å². The zero-order valence-corrected chi connectivity index (χ0v) is 16.6. The Kier molecular flexibility index (Phi) is 5.57. The van der Waals surface area contributed by atoms with Gasteiger partial charge in [-0.25, -0.2) is 0 Å². The maximum atomic E-state index is 12.5.